The van der Waals surface area contributed by atoms with Crippen molar-refractivity contribution in [1.29, 1.82) is 0 Å². The van der Waals surface area contributed by atoms with Crippen molar-refractivity contribution in [1.82, 2.24) is 15.2 Å². The van der Waals surface area contributed by atoms with Crippen LogP contribution in [-0.2, 0) is 6.42 Å². The lowest BCUT2D eigenvalue weighted by molar-refractivity contribution is 0.102. The third-order valence-electron chi connectivity index (χ3n) is 4.52. The van der Waals surface area contributed by atoms with Crippen LogP contribution in [0.4, 0.5) is 6.01 Å². The molecule has 27 heavy (non-hydrogen) atoms. The SMILES string of the molecule is CC(C)c1ccc(Cc2nnc(NC(=O)c3c[nH]c4ccccc34)o2)cc1. The van der Waals surface area contributed by atoms with Crippen molar-refractivity contribution in [2.45, 2.75) is 26.2 Å². The largest absolute Gasteiger partial charge is 0.407 e. The molecule has 4 aromatic rings. The van der Waals surface area contributed by atoms with Crippen molar-refractivity contribution in [3.05, 3.63) is 77.3 Å². The zero-order valence-corrected chi connectivity index (χ0v) is 15.2. The molecule has 0 unspecified atom stereocenters. The minimum absolute atomic E-state index is 0.0964. The zero-order valence-electron chi connectivity index (χ0n) is 15.2. The van der Waals surface area contributed by atoms with Gasteiger partial charge in [0.1, 0.15) is 0 Å². The summed E-state index contributed by atoms with van der Waals surface area (Å²) in [5, 5.41) is 11.5. The van der Waals surface area contributed by atoms with E-state index in [1.807, 2.05) is 24.3 Å². The minimum atomic E-state index is -0.288. The van der Waals surface area contributed by atoms with Crippen LogP contribution in [0.5, 0.6) is 0 Å². The van der Waals surface area contributed by atoms with Gasteiger partial charge >= 0.3 is 6.01 Å². The van der Waals surface area contributed by atoms with Gasteiger partial charge in [0, 0.05) is 17.1 Å². The molecule has 1 amide bonds. The van der Waals surface area contributed by atoms with E-state index in [1.165, 1.54) is 5.56 Å². The second-order valence-electron chi connectivity index (χ2n) is 6.78. The van der Waals surface area contributed by atoms with Gasteiger partial charge in [-0.05, 0) is 23.1 Å². The van der Waals surface area contributed by atoms with Crippen molar-refractivity contribution in [3.63, 3.8) is 0 Å². The number of carbonyl (C=O) groups is 1. The maximum Gasteiger partial charge on any atom is 0.322 e. The Bertz CT molecular complexity index is 1080. The van der Waals surface area contributed by atoms with Gasteiger partial charge in [-0.25, -0.2) is 0 Å². The van der Waals surface area contributed by atoms with Crippen molar-refractivity contribution >= 4 is 22.8 Å². The highest BCUT2D eigenvalue weighted by Gasteiger charge is 2.15. The topological polar surface area (TPSA) is 83.8 Å². The number of anilines is 1. The fraction of sp³-hybridized carbons (Fsp3) is 0.190. The molecule has 6 heteroatoms. The third kappa shape index (κ3) is 3.60. The van der Waals surface area contributed by atoms with E-state index in [4.69, 9.17) is 4.42 Å². The van der Waals surface area contributed by atoms with Crippen LogP contribution >= 0.6 is 0 Å². The van der Waals surface area contributed by atoms with E-state index in [9.17, 15) is 4.79 Å². The van der Waals surface area contributed by atoms with Crippen LogP contribution in [-0.4, -0.2) is 21.1 Å². The molecule has 0 aliphatic carbocycles. The molecule has 0 bridgehead atoms. The molecule has 2 aromatic carbocycles. The highest BCUT2D eigenvalue weighted by atomic mass is 16.4. The number of hydrogen-bond acceptors (Lipinski definition) is 4. The Labute approximate surface area is 156 Å². The lowest BCUT2D eigenvalue weighted by Gasteiger charge is -2.05. The summed E-state index contributed by atoms with van der Waals surface area (Å²) in [6, 6.07) is 16.0. The van der Waals surface area contributed by atoms with Gasteiger partial charge in [0.25, 0.3) is 5.91 Å². The van der Waals surface area contributed by atoms with Crippen LogP contribution in [0.1, 0.15) is 47.1 Å². The van der Waals surface area contributed by atoms with Gasteiger partial charge in [0.15, 0.2) is 0 Å². The molecule has 136 valence electrons. The second kappa shape index (κ2) is 7.07. The highest BCUT2D eigenvalue weighted by Crippen LogP contribution is 2.20. The molecule has 0 atom stereocenters. The number of para-hydroxylation sites is 1. The average Bonchev–Trinajstić information content (AvgIpc) is 3.29. The van der Waals surface area contributed by atoms with Gasteiger partial charge in [-0.3, -0.25) is 10.1 Å². The molecule has 2 heterocycles. The van der Waals surface area contributed by atoms with Crippen molar-refractivity contribution in [3.8, 4) is 0 Å². The number of rotatable bonds is 5. The first kappa shape index (κ1) is 17.0. The minimum Gasteiger partial charge on any atom is -0.407 e. The number of nitrogens with zero attached hydrogens (tertiary/aromatic N) is 2. The molecule has 6 nitrogen and oxygen atoms in total. The number of fused-ring (bicyclic) bond motifs is 1. The zero-order chi connectivity index (χ0) is 18.8. The molecule has 0 radical (unpaired) electrons. The van der Waals surface area contributed by atoms with E-state index >= 15 is 0 Å². The Morgan fingerprint density at radius 3 is 2.67 bits per heavy atom. The molecule has 0 aliphatic heterocycles. The number of hydrogen-bond donors (Lipinski definition) is 2. The summed E-state index contributed by atoms with van der Waals surface area (Å²) in [5.74, 6) is 0.666. The van der Waals surface area contributed by atoms with Gasteiger partial charge in [-0.1, -0.05) is 61.4 Å². The first-order valence-corrected chi connectivity index (χ1v) is 8.89. The molecule has 2 aromatic heterocycles. The van der Waals surface area contributed by atoms with E-state index in [0.29, 0.717) is 23.8 Å². The average molecular weight is 360 g/mol. The van der Waals surface area contributed by atoms with E-state index in [2.05, 4.69) is 58.6 Å². The summed E-state index contributed by atoms with van der Waals surface area (Å²) in [5.41, 5.74) is 3.81. The van der Waals surface area contributed by atoms with Crippen LogP contribution in [0.2, 0.25) is 0 Å². The summed E-state index contributed by atoms with van der Waals surface area (Å²) >= 11 is 0. The molecule has 0 fully saturated rings. The van der Waals surface area contributed by atoms with Gasteiger partial charge in [0.2, 0.25) is 5.89 Å². The molecular formula is C21H20N4O2. The highest BCUT2D eigenvalue weighted by molar-refractivity contribution is 6.12. The first-order valence-electron chi connectivity index (χ1n) is 8.89. The van der Waals surface area contributed by atoms with Crippen molar-refractivity contribution < 1.29 is 9.21 Å². The molecular weight excluding hydrogens is 340 g/mol. The Morgan fingerprint density at radius 2 is 1.89 bits per heavy atom. The number of amides is 1. The molecule has 2 N–H and O–H groups in total. The standard InChI is InChI=1S/C21H20N4O2/c1-13(2)15-9-7-14(8-10-15)11-19-24-25-21(27-19)23-20(26)17-12-22-18-6-4-3-5-16(17)18/h3-10,12-13,22H,11H2,1-2H3,(H,23,25,26). The van der Waals surface area contributed by atoms with E-state index in [0.717, 1.165) is 16.5 Å². The van der Waals surface area contributed by atoms with Crippen LogP contribution in [0.25, 0.3) is 10.9 Å². The van der Waals surface area contributed by atoms with Gasteiger partial charge in [0.05, 0.1) is 12.0 Å². The lowest BCUT2D eigenvalue weighted by Crippen LogP contribution is -2.11. The maximum absolute atomic E-state index is 12.5. The third-order valence-corrected chi connectivity index (χ3v) is 4.52. The monoisotopic (exact) mass is 360 g/mol. The number of aromatic amines is 1. The Kier molecular flexibility index (Phi) is 4.46. The first-order chi connectivity index (χ1) is 13.1. The lowest BCUT2D eigenvalue weighted by atomic mass is 10.0. The number of carbonyl (C=O) groups excluding carboxylic acids is 1. The normalized spacial score (nSPS) is 11.2. The summed E-state index contributed by atoms with van der Waals surface area (Å²) < 4.78 is 5.58. The summed E-state index contributed by atoms with van der Waals surface area (Å²) in [6.07, 6.45) is 2.20. The number of benzene rings is 2. The molecule has 0 aliphatic rings. The summed E-state index contributed by atoms with van der Waals surface area (Å²) in [6.45, 7) is 4.32. The van der Waals surface area contributed by atoms with Crippen molar-refractivity contribution in [2.24, 2.45) is 0 Å². The van der Waals surface area contributed by atoms with Crippen LogP contribution < -0.4 is 5.32 Å². The smallest absolute Gasteiger partial charge is 0.322 e. The second-order valence-corrected chi connectivity index (χ2v) is 6.78. The number of nitrogens with one attached hydrogen (secondary N) is 2. The molecule has 0 saturated heterocycles. The Morgan fingerprint density at radius 1 is 1.11 bits per heavy atom. The van der Waals surface area contributed by atoms with Crippen LogP contribution in [0.15, 0.2) is 59.1 Å². The van der Waals surface area contributed by atoms with Crippen LogP contribution in [0.3, 0.4) is 0 Å². The van der Waals surface area contributed by atoms with Gasteiger partial charge < -0.3 is 9.40 Å². The Hall–Kier alpha value is -3.41. The number of aromatic nitrogens is 3. The van der Waals surface area contributed by atoms with Crippen LogP contribution in [0, 0.1) is 0 Å². The quantitative estimate of drug-likeness (QED) is 0.548. The maximum atomic E-state index is 12.5. The molecule has 4 rings (SSSR count). The van der Waals surface area contributed by atoms with E-state index in [-0.39, 0.29) is 11.9 Å². The fourth-order valence-corrected chi connectivity index (χ4v) is 2.99. The van der Waals surface area contributed by atoms with Gasteiger partial charge in [-0.15, -0.1) is 5.10 Å². The predicted octanol–water partition coefficient (Wildman–Crippen LogP) is 4.52. The van der Waals surface area contributed by atoms with Crippen molar-refractivity contribution in [2.75, 3.05) is 5.32 Å². The molecule has 0 saturated carbocycles. The Balaban J connectivity index is 1.45. The fourth-order valence-electron chi connectivity index (χ4n) is 2.99. The summed E-state index contributed by atoms with van der Waals surface area (Å²) in [4.78, 5) is 15.6. The number of H-pyrrole nitrogens is 1. The predicted molar refractivity (Wildman–Crippen MR) is 104 cm³/mol. The molecule has 0 spiro atoms. The van der Waals surface area contributed by atoms with E-state index < -0.39 is 0 Å². The van der Waals surface area contributed by atoms with E-state index in [1.54, 1.807) is 6.20 Å². The van der Waals surface area contributed by atoms with Gasteiger partial charge in [-0.2, -0.15) is 0 Å². The summed E-state index contributed by atoms with van der Waals surface area (Å²) in [7, 11) is 0.